The second kappa shape index (κ2) is 7.25. The van der Waals surface area contributed by atoms with Gasteiger partial charge in [0.05, 0.1) is 6.10 Å². The third-order valence-corrected chi connectivity index (χ3v) is 3.32. The largest absolute Gasteiger partial charge is 0.393 e. The van der Waals surface area contributed by atoms with Crippen LogP contribution in [0.5, 0.6) is 0 Å². The van der Waals surface area contributed by atoms with E-state index in [-0.39, 0.29) is 6.10 Å². The van der Waals surface area contributed by atoms with Gasteiger partial charge in [-0.2, -0.15) is 0 Å². The molecule has 96 valence electrons. The molecule has 3 nitrogen and oxygen atoms in total. The molecule has 0 aromatic heterocycles. The number of nitrogens with one attached hydrogen (secondary N) is 1. The van der Waals surface area contributed by atoms with Crippen molar-refractivity contribution in [2.75, 3.05) is 33.2 Å². The van der Waals surface area contributed by atoms with Crippen LogP contribution in [0.1, 0.15) is 33.1 Å². The minimum Gasteiger partial charge on any atom is -0.393 e. The Labute approximate surface area is 100 Å². The maximum Gasteiger partial charge on any atom is 0.0546 e. The molecule has 1 unspecified atom stereocenters. The van der Waals surface area contributed by atoms with E-state index >= 15 is 0 Å². The Balaban J connectivity index is 2.01. The van der Waals surface area contributed by atoms with Crippen LogP contribution in [0.3, 0.4) is 0 Å². The molecule has 0 spiro atoms. The van der Waals surface area contributed by atoms with Gasteiger partial charge in [-0.25, -0.2) is 0 Å². The van der Waals surface area contributed by atoms with E-state index in [2.05, 4.69) is 31.1 Å². The number of hydrogen-bond donors (Lipinski definition) is 2. The molecule has 1 atom stereocenters. The third kappa shape index (κ3) is 5.28. The summed E-state index contributed by atoms with van der Waals surface area (Å²) in [5, 5.41) is 12.7. The molecule has 0 heterocycles. The van der Waals surface area contributed by atoms with Gasteiger partial charge in [0, 0.05) is 13.1 Å². The lowest BCUT2D eigenvalue weighted by atomic mass is 9.82. The van der Waals surface area contributed by atoms with Gasteiger partial charge in [-0.05, 0) is 51.2 Å². The summed E-state index contributed by atoms with van der Waals surface area (Å²) in [5.74, 6) is 1.44. The zero-order chi connectivity index (χ0) is 12.0. The van der Waals surface area contributed by atoms with E-state index in [0.717, 1.165) is 44.9 Å². The number of aliphatic hydroxyl groups is 1. The normalized spacial score (nSPS) is 26.8. The van der Waals surface area contributed by atoms with E-state index in [1.54, 1.807) is 0 Å². The van der Waals surface area contributed by atoms with Crippen molar-refractivity contribution >= 4 is 0 Å². The minimum atomic E-state index is -0.0120. The SMILES string of the molecule is CCCNCC(C)CN(C)CC1CC(O)C1. The number of rotatable bonds is 8. The van der Waals surface area contributed by atoms with E-state index in [1.165, 1.54) is 6.42 Å². The highest BCUT2D eigenvalue weighted by Crippen LogP contribution is 2.27. The Bertz CT molecular complexity index is 181. The second-order valence-electron chi connectivity index (χ2n) is 5.52. The van der Waals surface area contributed by atoms with E-state index in [1.807, 2.05) is 0 Å². The zero-order valence-corrected chi connectivity index (χ0v) is 11.1. The van der Waals surface area contributed by atoms with Gasteiger partial charge in [0.25, 0.3) is 0 Å². The number of aliphatic hydroxyl groups excluding tert-OH is 1. The fourth-order valence-corrected chi connectivity index (χ4v) is 2.49. The van der Waals surface area contributed by atoms with Crippen molar-refractivity contribution in [1.29, 1.82) is 0 Å². The summed E-state index contributed by atoms with van der Waals surface area (Å²) in [4.78, 5) is 2.41. The standard InChI is InChI=1S/C13H28N2O/c1-4-5-14-8-11(2)9-15(3)10-12-6-13(16)7-12/h11-14,16H,4-10H2,1-3H3. The Morgan fingerprint density at radius 3 is 2.69 bits per heavy atom. The van der Waals surface area contributed by atoms with Crippen LogP contribution < -0.4 is 5.32 Å². The fraction of sp³-hybridized carbons (Fsp3) is 1.00. The van der Waals surface area contributed by atoms with Gasteiger partial charge in [-0.1, -0.05) is 13.8 Å². The van der Waals surface area contributed by atoms with Crippen LogP contribution in [-0.4, -0.2) is 49.3 Å². The Morgan fingerprint density at radius 2 is 2.12 bits per heavy atom. The van der Waals surface area contributed by atoms with Crippen LogP contribution in [0.15, 0.2) is 0 Å². The molecule has 0 aliphatic heterocycles. The molecule has 0 aromatic carbocycles. The zero-order valence-electron chi connectivity index (χ0n) is 11.1. The van der Waals surface area contributed by atoms with Crippen molar-refractivity contribution in [3.05, 3.63) is 0 Å². The van der Waals surface area contributed by atoms with Gasteiger partial charge in [0.2, 0.25) is 0 Å². The molecular formula is C13H28N2O. The molecule has 0 aromatic rings. The lowest BCUT2D eigenvalue weighted by Gasteiger charge is -2.35. The third-order valence-electron chi connectivity index (χ3n) is 3.32. The quantitative estimate of drug-likeness (QED) is 0.615. The highest BCUT2D eigenvalue weighted by Gasteiger charge is 2.27. The summed E-state index contributed by atoms with van der Waals surface area (Å²) in [6.45, 7) is 9.05. The van der Waals surface area contributed by atoms with Gasteiger partial charge >= 0.3 is 0 Å². The van der Waals surface area contributed by atoms with Crippen molar-refractivity contribution < 1.29 is 5.11 Å². The molecule has 0 bridgehead atoms. The van der Waals surface area contributed by atoms with Crippen LogP contribution in [0, 0.1) is 11.8 Å². The maximum absolute atomic E-state index is 9.23. The number of nitrogens with zero attached hydrogens (tertiary/aromatic N) is 1. The van der Waals surface area contributed by atoms with Crippen molar-refractivity contribution in [1.82, 2.24) is 10.2 Å². The summed E-state index contributed by atoms with van der Waals surface area (Å²) in [6, 6.07) is 0. The molecule has 1 aliphatic rings. The molecule has 3 heteroatoms. The predicted molar refractivity (Wildman–Crippen MR) is 68.6 cm³/mol. The van der Waals surface area contributed by atoms with Crippen LogP contribution in [0.25, 0.3) is 0 Å². The predicted octanol–water partition coefficient (Wildman–Crippen LogP) is 1.32. The molecule has 1 rings (SSSR count). The lowest BCUT2D eigenvalue weighted by molar-refractivity contribution is 0.0267. The molecule has 2 N–H and O–H groups in total. The van der Waals surface area contributed by atoms with Gasteiger partial charge < -0.3 is 15.3 Å². The van der Waals surface area contributed by atoms with E-state index in [4.69, 9.17) is 0 Å². The van der Waals surface area contributed by atoms with Gasteiger partial charge in [0.1, 0.15) is 0 Å². The summed E-state index contributed by atoms with van der Waals surface area (Å²) in [6.07, 6.45) is 3.21. The molecule has 1 fully saturated rings. The molecule has 1 aliphatic carbocycles. The first-order valence-corrected chi connectivity index (χ1v) is 6.69. The van der Waals surface area contributed by atoms with Crippen molar-refractivity contribution in [3.63, 3.8) is 0 Å². The monoisotopic (exact) mass is 228 g/mol. The minimum absolute atomic E-state index is 0.0120. The van der Waals surface area contributed by atoms with Crippen molar-refractivity contribution in [2.24, 2.45) is 11.8 Å². The second-order valence-corrected chi connectivity index (χ2v) is 5.52. The highest BCUT2D eigenvalue weighted by molar-refractivity contribution is 4.80. The topological polar surface area (TPSA) is 35.5 Å². The first kappa shape index (κ1) is 13.9. The molecule has 0 saturated heterocycles. The lowest BCUT2D eigenvalue weighted by Crippen LogP contribution is -2.39. The summed E-state index contributed by atoms with van der Waals surface area (Å²) < 4.78 is 0. The molecule has 1 saturated carbocycles. The van der Waals surface area contributed by atoms with Crippen molar-refractivity contribution in [2.45, 2.75) is 39.2 Å². The van der Waals surface area contributed by atoms with Crippen LogP contribution >= 0.6 is 0 Å². The van der Waals surface area contributed by atoms with E-state index in [9.17, 15) is 5.11 Å². The smallest absolute Gasteiger partial charge is 0.0546 e. The van der Waals surface area contributed by atoms with Crippen LogP contribution in [-0.2, 0) is 0 Å². The van der Waals surface area contributed by atoms with E-state index in [0.29, 0.717) is 5.92 Å². The Morgan fingerprint density at radius 1 is 1.44 bits per heavy atom. The first-order chi connectivity index (χ1) is 7.61. The average Bonchev–Trinajstić information content (AvgIpc) is 2.15. The molecule has 16 heavy (non-hydrogen) atoms. The highest BCUT2D eigenvalue weighted by atomic mass is 16.3. The van der Waals surface area contributed by atoms with Gasteiger partial charge in [-0.15, -0.1) is 0 Å². The average molecular weight is 228 g/mol. The maximum atomic E-state index is 9.23. The fourth-order valence-electron chi connectivity index (χ4n) is 2.49. The van der Waals surface area contributed by atoms with Gasteiger partial charge in [-0.3, -0.25) is 0 Å². The summed E-state index contributed by atoms with van der Waals surface area (Å²) in [5.41, 5.74) is 0. The van der Waals surface area contributed by atoms with Crippen LogP contribution in [0.2, 0.25) is 0 Å². The Kier molecular flexibility index (Phi) is 6.32. The van der Waals surface area contributed by atoms with E-state index < -0.39 is 0 Å². The summed E-state index contributed by atoms with van der Waals surface area (Å²) >= 11 is 0. The summed E-state index contributed by atoms with van der Waals surface area (Å²) in [7, 11) is 2.20. The molecule has 0 radical (unpaired) electrons. The molecule has 0 amide bonds. The molecular weight excluding hydrogens is 200 g/mol. The van der Waals surface area contributed by atoms with Gasteiger partial charge in [0.15, 0.2) is 0 Å². The van der Waals surface area contributed by atoms with Crippen LogP contribution in [0.4, 0.5) is 0 Å². The Hall–Kier alpha value is -0.120. The van der Waals surface area contributed by atoms with Crippen molar-refractivity contribution in [3.8, 4) is 0 Å². The first-order valence-electron chi connectivity index (χ1n) is 6.69. The number of hydrogen-bond acceptors (Lipinski definition) is 3.